The molecule has 0 heterocycles. The van der Waals surface area contributed by atoms with Crippen molar-refractivity contribution in [1.82, 2.24) is 5.32 Å². The van der Waals surface area contributed by atoms with E-state index in [-0.39, 0.29) is 0 Å². The van der Waals surface area contributed by atoms with E-state index in [1.165, 1.54) is 5.56 Å². The lowest BCUT2D eigenvalue weighted by Crippen LogP contribution is -2.10. The monoisotopic (exact) mass is 275 g/mol. The molecule has 0 spiro atoms. The number of hydrogen-bond acceptors (Lipinski definition) is 2. The largest absolute Gasteiger partial charge is 0.457 e. The molecule has 0 bridgehead atoms. The Morgan fingerprint density at radius 3 is 2.37 bits per heavy atom. The topological polar surface area (TPSA) is 21.3 Å². The van der Waals surface area contributed by atoms with Crippen molar-refractivity contribution < 1.29 is 4.74 Å². The van der Waals surface area contributed by atoms with Crippen LogP contribution < -0.4 is 10.1 Å². The van der Waals surface area contributed by atoms with E-state index in [0.717, 1.165) is 35.1 Å². The first kappa shape index (κ1) is 13.9. The predicted molar refractivity (Wildman–Crippen MR) is 80.3 cm³/mol. The van der Waals surface area contributed by atoms with Gasteiger partial charge in [-0.25, -0.2) is 0 Å². The van der Waals surface area contributed by atoms with Crippen LogP contribution in [0.3, 0.4) is 0 Å². The minimum absolute atomic E-state index is 0.759. The molecule has 0 aliphatic carbocycles. The summed E-state index contributed by atoms with van der Waals surface area (Å²) >= 11 is 5.99. The number of benzene rings is 2. The van der Waals surface area contributed by atoms with Gasteiger partial charge in [-0.1, -0.05) is 23.7 Å². The number of nitrogens with one attached hydrogen (secondary N) is 1. The third kappa shape index (κ3) is 3.98. The average Bonchev–Trinajstić information content (AvgIpc) is 2.42. The number of rotatable bonds is 5. The lowest BCUT2D eigenvalue weighted by Gasteiger charge is -2.08. The maximum atomic E-state index is 5.99. The summed E-state index contributed by atoms with van der Waals surface area (Å²) in [5, 5.41) is 3.90. The smallest absolute Gasteiger partial charge is 0.127 e. The van der Waals surface area contributed by atoms with Gasteiger partial charge in [0, 0.05) is 5.02 Å². The highest BCUT2D eigenvalue weighted by Gasteiger charge is 2.01. The molecule has 0 aromatic heterocycles. The second kappa shape index (κ2) is 6.60. The molecule has 2 aromatic rings. The molecule has 0 saturated carbocycles. The summed E-state index contributed by atoms with van der Waals surface area (Å²) in [6.07, 6.45) is 1.02. The molecule has 2 rings (SSSR count). The van der Waals surface area contributed by atoms with E-state index in [9.17, 15) is 0 Å². The molecule has 0 aliphatic rings. The minimum Gasteiger partial charge on any atom is -0.457 e. The molecule has 19 heavy (non-hydrogen) atoms. The second-order valence-electron chi connectivity index (χ2n) is 4.51. The van der Waals surface area contributed by atoms with Gasteiger partial charge in [0.25, 0.3) is 0 Å². The van der Waals surface area contributed by atoms with Gasteiger partial charge < -0.3 is 10.1 Å². The molecule has 100 valence electrons. The second-order valence-corrected chi connectivity index (χ2v) is 4.92. The van der Waals surface area contributed by atoms with Crippen molar-refractivity contribution in [3.05, 3.63) is 58.6 Å². The normalized spacial score (nSPS) is 10.5. The lowest BCUT2D eigenvalue weighted by atomic mass is 10.1. The summed E-state index contributed by atoms with van der Waals surface area (Å²) < 4.78 is 5.80. The Kier molecular flexibility index (Phi) is 4.83. The zero-order chi connectivity index (χ0) is 13.7. The molecular formula is C16H18ClNO. The zero-order valence-electron chi connectivity index (χ0n) is 11.2. The number of aryl methyl sites for hydroxylation is 1. The summed E-state index contributed by atoms with van der Waals surface area (Å²) in [6, 6.07) is 13.9. The lowest BCUT2D eigenvalue weighted by molar-refractivity contribution is 0.482. The fraction of sp³-hybridized carbons (Fsp3) is 0.250. The van der Waals surface area contributed by atoms with Gasteiger partial charge in [0.1, 0.15) is 11.5 Å². The molecule has 2 nitrogen and oxygen atoms in total. The number of likely N-dealkylation sites (N-methyl/N-ethyl adjacent to an activating group) is 1. The van der Waals surface area contributed by atoms with Gasteiger partial charge >= 0.3 is 0 Å². The molecule has 0 aliphatic heterocycles. The quantitative estimate of drug-likeness (QED) is 0.883. The molecule has 0 fully saturated rings. The SMILES string of the molecule is CNCCc1ccc(Oc2ccc(Cl)c(C)c2)cc1. The van der Waals surface area contributed by atoms with Crippen molar-refractivity contribution in [1.29, 1.82) is 0 Å². The van der Waals surface area contributed by atoms with Gasteiger partial charge in [0.05, 0.1) is 0 Å². The zero-order valence-corrected chi connectivity index (χ0v) is 12.0. The van der Waals surface area contributed by atoms with E-state index in [1.54, 1.807) is 0 Å². The van der Waals surface area contributed by atoms with Gasteiger partial charge in [-0.2, -0.15) is 0 Å². The summed E-state index contributed by atoms with van der Waals surface area (Å²) in [6.45, 7) is 2.95. The molecule has 0 unspecified atom stereocenters. The Morgan fingerprint density at radius 2 is 1.74 bits per heavy atom. The Bertz CT molecular complexity index is 537. The molecule has 0 radical (unpaired) electrons. The van der Waals surface area contributed by atoms with Crippen LogP contribution >= 0.6 is 11.6 Å². The fourth-order valence-electron chi connectivity index (χ4n) is 1.81. The van der Waals surface area contributed by atoms with E-state index in [4.69, 9.17) is 16.3 Å². The summed E-state index contributed by atoms with van der Waals surface area (Å²) in [4.78, 5) is 0. The van der Waals surface area contributed by atoms with Gasteiger partial charge in [-0.05, 0) is 68.4 Å². The Hall–Kier alpha value is -1.51. The van der Waals surface area contributed by atoms with Crippen LogP contribution in [-0.2, 0) is 6.42 Å². The first-order valence-electron chi connectivity index (χ1n) is 6.36. The van der Waals surface area contributed by atoms with E-state index in [0.29, 0.717) is 0 Å². The Balaban J connectivity index is 2.04. The van der Waals surface area contributed by atoms with Crippen LogP contribution in [0.1, 0.15) is 11.1 Å². The van der Waals surface area contributed by atoms with Gasteiger partial charge in [-0.3, -0.25) is 0 Å². The van der Waals surface area contributed by atoms with Crippen molar-refractivity contribution in [2.24, 2.45) is 0 Å². The predicted octanol–water partition coefficient (Wildman–Crippen LogP) is 4.20. The molecule has 2 aromatic carbocycles. The van der Waals surface area contributed by atoms with Crippen molar-refractivity contribution in [3.8, 4) is 11.5 Å². The van der Waals surface area contributed by atoms with Crippen LogP contribution in [0.4, 0.5) is 0 Å². The summed E-state index contributed by atoms with van der Waals surface area (Å²) in [5.41, 5.74) is 2.32. The standard InChI is InChI=1S/C16H18ClNO/c1-12-11-15(7-8-16(12)17)19-14-5-3-13(4-6-14)9-10-18-2/h3-8,11,18H,9-10H2,1-2H3. The van der Waals surface area contributed by atoms with Crippen molar-refractivity contribution in [2.45, 2.75) is 13.3 Å². The van der Waals surface area contributed by atoms with Crippen LogP contribution in [0.2, 0.25) is 5.02 Å². The molecule has 0 amide bonds. The maximum absolute atomic E-state index is 5.99. The Labute approximate surface area is 119 Å². The van der Waals surface area contributed by atoms with E-state index >= 15 is 0 Å². The van der Waals surface area contributed by atoms with Gasteiger partial charge in [0.15, 0.2) is 0 Å². The van der Waals surface area contributed by atoms with Gasteiger partial charge in [-0.15, -0.1) is 0 Å². The molecule has 1 N–H and O–H groups in total. The molecule has 0 atom stereocenters. The van der Waals surface area contributed by atoms with E-state index in [2.05, 4.69) is 17.4 Å². The fourth-order valence-corrected chi connectivity index (χ4v) is 1.93. The van der Waals surface area contributed by atoms with Crippen LogP contribution in [0.5, 0.6) is 11.5 Å². The third-order valence-electron chi connectivity index (χ3n) is 2.95. The summed E-state index contributed by atoms with van der Waals surface area (Å²) in [7, 11) is 1.96. The highest BCUT2D eigenvalue weighted by atomic mass is 35.5. The first-order valence-corrected chi connectivity index (χ1v) is 6.74. The van der Waals surface area contributed by atoms with E-state index in [1.807, 2.05) is 44.3 Å². The number of halogens is 1. The highest BCUT2D eigenvalue weighted by Crippen LogP contribution is 2.26. The Morgan fingerprint density at radius 1 is 1.05 bits per heavy atom. The van der Waals surface area contributed by atoms with Crippen molar-refractivity contribution in [2.75, 3.05) is 13.6 Å². The number of hydrogen-bond donors (Lipinski definition) is 1. The molecule has 0 saturated heterocycles. The van der Waals surface area contributed by atoms with Crippen LogP contribution in [0.25, 0.3) is 0 Å². The number of ether oxygens (including phenoxy) is 1. The van der Waals surface area contributed by atoms with Crippen LogP contribution in [0.15, 0.2) is 42.5 Å². The van der Waals surface area contributed by atoms with Gasteiger partial charge in [0.2, 0.25) is 0 Å². The molecule has 3 heteroatoms. The summed E-state index contributed by atoms with van der Waals surface area (Å²) in [5.74, 6) is 1.65. The van der Waals surface area contributed by atoms with Crippen LogP contribution in [0, 0.1) is 6.92 Å². The third-order valence-corrected chi connectivity index (χ3v) is 3.38. The van der Waals surface area contributed by atoms with E-state index < -0.39 is 0 Å². The maximum Gasteiger partial charge on any atom is 0.127 e. The first-order chi connectivity index (χ1) is 9.19. The van der Waals surface area contributed by atoms with Crippen molar-refractivity contribution >= 4 is 11.6 Å². The van der Waals surface area contributed by atoms with Crippen molar-refractivity contribution in [3.63, 3.8) is 0 Å². The molecular weight excluding hydrogens is 258 g/mol. The average molecular weight is 276 g/mol. The highest BCUT2D eigenvalue weighted by molar-refractivity contribution is 6.31. The minimum atomic E-state index is 0.759. The van der Waals surface area contributed by atoms with Crippen LogP contribution in [-0.4, -0.2) is 13.6 Å².